The van der Waals surface area contributed by atoms with E-state index in [1.807, 2.05) is 13.8 Å². The number of esters is 1. The first kappa shape index (κ1) is 19.6. The van der Waals surface area contributed by atoms with E-state index in [2.05, 4.69) is 6.58 Å². The zero-order chi connectivity index (χ0) is 21.6. The molecule has 152 valence electrons. The Morgan fingerprint density at radius 2 is 1.83 bits per heavy atom. The molecule has 3 aromatic rings. The fourth-order valence-electron chi connectivity index (χ4n) is 3.87. The van der Waals surface area contributed by atoms with Gasteiger partial charge in [-0.2, -0.15) is 0 Å². The Balaban J connectivity index is 1.95. The van der Waals surface area contributed by atoms with E-state index in [9.17, 15) is 14.4 Å². The van der Waals surface area contributed by atoms with Gasteiger partial charge in [0.2, 0.25) is 5.76 Å². The summed E-state index contributed by atoms with van der Waals surface area (Å²) in [6.45, 7) is 7.85. The SMILES string of the molecule is C=CCN1C(=O)c2oc3cc(C)c(C)cc3c(=O)c2C1c1ccc(C(=O)OC)cc1. The summed E-state index contributed by atoms with van der Waals surface area (Å²) in [5.74, 6) is -0.757. The molecule has 1 aromatic heterocycles. The predicted octanol–water partition coefficient (Wildman–Crippen LogP) is 3.93. The number of carbonyl (C=O) groups is 2. The molecule has 0 N–H and O–H groups in total. The lowest BCUT2D eigenvalue weighted by Gasteiger charge is -2.23. The number of hydrogen-bond acceptors (Lipinski definition) is 5. The van der Waals surface area contributed by atoms with Crippen molar-refractivity contribution in [1.82, 2.24) is 4.90 Å². The van der Waals surface area contributed by atoms with Gasteiger partial charge in [-0.05, 0) is 54.8 Å². The number of hydrogen-bond donors (Lipinski definition) is 0. The van der Waals surface area contributed by atoms with E-state index >= 15 is 0 Å². The van der Waals surface area contributed by atoms with Gasteiger partial charge in [-0.1, -0.05) is 18.2 Å². The smallest absolute Gasteiger partial charge is 0.337 e. The molecule has 30 heavy (non-hydrogen) atoms. The molecule has 0 bridgehead atoms. The first-order valence-corrected chi connectivity index (χ1v) is 9.55. The summed E-state index contributed by atoms with van der Waals surface area (Å²) < 4.78 is 10.7. The molecule has 0 aliphatic carbocycles. The second kappa shape index (κ2) is 7.30. The van der Waals surface area contributed by atoms with Crippen molar-refractivity contribution in [2.75, 3.05) is 13.7 Å². The summed E-state index contributed by atoms with van der Waals surface area (Å²) in [5, 5.41) is 0.446. The molecule has 0 saturated carbocycles. The molecule has 0 fully saturated rings. The van der Waals surface area contributed by atoms with E-state index in [-0.39, 0.29) is 23.6 Å². The first-order valence-electron chi connectivity index (χ1n) is 9.55. The zero-order valence-electron chi connectivity index (χ0n) is 17.0. The fraction of sp³-hybridized carbons (Fsp3) is 0.208. The van der Waals surface area contributed by atoms with E-state index in [1.165, 1.54) is 7.11 Å². The van der Waals surface area contributed by atoms with Gasteiger partial charge < -0.3 is 14.1 Å². The minimum atomic E-state index is -0.626. The Morgan fingerprint density at radius 3 is 2.47 bits per heavy atom. The molecule has 0 spiro atoms. The number of amides is 1. The van der Waals surface area contributed by atoms with E-state index in [4.69, 9.17) is 9.15 Å². The molecule has 1 atom stereocenters. The number of rotatable bonds is 4. The number of nitrogens with zero attached hydrogens (tertiary/aromatic N) is 1. The number of fused-ring (bicyclic) bond motifs is 2. The third-order valence-corrected chi connectivity index (χ3v) is 5.56. The fourth-order valence-corrected chi connectivity index (χ4v) is 3.87. The minimum absolute atomic E-state index is 0.0552. The molecule has 1 unspecified atom stereocenters. The van der Waals surface area contributed by atoms with E-state index in [0.29, 0.717) is 27.7 Å². The molecule has 6 nitrogen and oxygen atoms in total. The van der Waals surface area contributed by atoms with Crippen molar-refractivity contribution in [3.8, 4) is 0 Å². The van der Waals surface area contributed by atoms with Gasteiger partial charge in [-0.3, -0.25) is 9.59 Å². The summed E-state index contributed by atoms with van der Waals surface area (Å²) in [6, 6.07) is 9.64. The van der Waals surface area contributed by atoms with Crippen LogP contribution in [0.25, 0.3) is 11.0 Å². The molecule has 6 heteroatoms. The van der Waals surface area contributed by atoms with E-state index < -0.39 is 12.0 Å². The third-order valence-electron chi connectivity index (χ3n) is 5.56. The topological polar surface area (TPSA) is 76.8 Å². The molecular formula is C24H21NO5. The lowest BCUT2D eigenvalue weighted by molar-refractivity contribution is 0.0600. The highest BCUT2D eigenvalue weighted by Gasteiger charge is 2.42. The Morgan fingerprint density at radius 1 is 1.17 bits per heavy atom. The van der Waals surface area contributed by atoms with Crippen LogP contribution in [0.15, 0.2) is 58.3 Å². The first-order chi connectivity index (χ1) is 14.4. The van der Waals surface area contributed by atoms with Crippen molar-refractivity contribution in [1.29, 1.82) is 0 Å². The number of carbonyl (C=O) groups excluding carboxylic acids is 2. The summed E-state index contributed by atoms with van der Waals surface area (Å²) in [7, 11) is 1.31. The number of ether oxygens (including phenoxy) is 1. The van der Waals surface area contributed by atoms with Crippen molar-refractivity contribution >= 4 is 22.8 Å². The average molecular weight is 403 g/mol. The Hall–Kier alpha value is -3.67. The number of benzene rings is 2. The van der Waals surface area contributed by atoms with Crippen LogP contribution >= 0.6 is 0 Å². The molecule has 1 amide bonds. The monoisotopic (exact) mass is 403 g/mol. The summed E-state index contributed by atoms with van der Waals surface area (Å²) in [4.78, 5) is 39.9. The van der Waals surface area contributed by atoms with Crippen LogP contribution < -0.4 is 5.43 Å². The summed E-state index contributed by atoms with van der Waals surface area (Å²) >= 11 is 0. The highest BCUT2D eigenvalue weighted by molar-refractivity contribution is 5.99. The Labute approximate surface area is 173 Å². The maximum Gasteiger partial charge on any atom is 0.337 e. The van der Waals surface area contributed by atoms with Crippen molar-refractivity contribution in [3.63, 3.8) is 0 Å². The summed E-state index contributed by atoms with van der Waals surface area (Å²) in [5.41, 5.74) is 3.52. The molecule has 2 heterocycles. The van der Waals surface area contributed by atoms with Crippen molar-refractivity contribution in [2.45, 2.75) is 19.9 Å². The van der Waals surface area contributed by atoms with Gasteiger partial charge in [-0.25, -0.2) is 4.79 Å². The largest absolute Gasteiger partial charge is 0.465 e. The quantitative estimate of drug-likeness (QED) is 0.487. The Kier molecular flexibility index (Phi) is 4.78. The van der Waals surface area contributed by atoms with Crippen LogP contribution in [-0.2, 0) is 4.74 Å². The molecule has 1 aliphatic rings. The normalized spacial score (nSPS) is 15.4. The van der Waals surface area contributed by atoms with Crippen molar-refractivity contribution < 1.29 is 18.7 Å². The van der Waals surface area contributed by atoms with Crippen LogP contribution in [0.5, 0.6) is 0 Å². The highest BCUT2D eigenvalue weighted by atomic mass is 16.5. The minimum Gasteiger partial charge on any atom is -0.465 e. The molecule has 0 radical (unpaired) electrons. The van der Waals surface area contributed by atoms with Crippen LogP contribution in [0.3, 0.4) is 0 Å². The zero-order valence-corrected chi connectivity index (χ0v) is 17.0. The maximum absolute atomic E-state index is 13.4. The van der Waals surface area contributed by atoms with Gasteiger partial charge in [0.15, 0.2) is 5.43 Å². The standard InChI is InChI=1S/C24H21NO5/c1-5-10-25-20(15-6-8-16(9-7-15)24(28)29-4)19-21(26)17-11-13(2)14(3)12-18(17)30-22(19)23(25)27/h5-9,11-12,20H,1,10H2,2-4H3. The average Bonchev–Trinajstić information content (AvgIpc) is 3.02. The highest BCUT2D eigenvalue weighted by Crippen LogP contribution is 2.38. The lowest BCUT2D eigenvalue weighted by Crippen LogP contribution is -2.29. The van der Waals surface area contributed by atoms with Crippen LogP contribution in [0, 0.1) is 13.8 Å². The van der Waals surface area contributed by atoms with Crippen LogP contribution in [-0.4, -0.2) is 30.4 Å². The Bertz CT molecular complexity index is 1250. The molecule has 2 aromatic carbocycles. The van der Waals surface area contributed by atoms with Gasteiger partial charge >= 0.3 is 5.97 Å². The lowest BCUT2D eigenvalue weighted by atomic mass is 9.96. The van der Waals surface area contributed by atoms with Crippen LogP contribution in [0.1, 0.15) is 49.2 Å². The predicted molar refractivity (Wildman–Crippen MR) is 113 cm³/mol. The number of aryl methyl sites for hydroxylation is 2. The van der Waals surface area contributed by atoms with Crippen LogP contribution in [0.4, 0.5) is 0 Å². The molecular weight excluding hydrogens is 382 g/mol. The third kappa shape index (κ3) is 2.92. The van der Waals surface area contributed by atoms with Gasteiger partial charge in [0.05, 0.1) is 29.7 Å². The van der Waals surface area contributed by atoms with Gasteiger partial charge in [0.1, 0.15) is 5.58 Å². The summed E-state index contributed by atoms with van der Waals surface area (Å²) in [6.07, 6.45) is 1.61. The van der Waals surface area contributed by atoms with Gasteiger partial charge in [-0.15, -0.1) is 6.58 Å². The van der Waals surface area contributed by atoms with Crippen molar-refractivity contribution in [3.05, 3.63) is 92.9 Å². The number of methoxy groups -OCH3 is 1. The second-order valence-electron chi connectivity index (χ2n) is 7.37. The second-order valence-corrected chi connectivity index (χ2v) is 7.37. The molecule has 1 aliphatic heterocycles. The van der Waals surface area contributed by atoms with E-state index in [0.717, 1.165) is 11.1 Å². The van der Waals surface area contributed by atoms with Crippen LogP contribution in [0.2, 0.25) is 0 Å². The van der Waals surface area contributed by atoms with Gasteiger partial charge in [0, 0.05) is 6.54 Å². The maximum atomic E-state index is 13.4. The molecule has 0 saturated heterocycles. The van der Waals surface area contributed by atoms with Gasteiger partial charge in [0.25, 0.3) is 5.91 Å². The molecule has 4 rings (SSSR count). The van der Waals surface area contributed by atoms with E-state index in [1.54, 1.807) is 47.4 Å². The van der Waals surface area contributed by atoms with Crippen molar-refractivity contribution in [2.24, 2.45) is 0 Å².